The quantitative estimate of drug-likeness (QED) is 0.895. The number of nitrogens with one attached hydrogen (secondary N) is 1. The Morgan fingerprint density at radius 2 is 2.14 bits per heavy atom. The van der Waals surface area contributed by atoms with Crippen molar-refractivity contribution in [3.05, 3.63) is 11.1 Å². The van der Waals surface area contributed by atoms with E-state index in [1.165, 1.54) is 6.92 Å². The molecular formula is C13H17F3N2O2S. The number of hydrogen-bond donors (Lipinski definition) is 2. The van der Waals surface area contributed by atoms with Gasteiger partial charge in [-0.1, -0.05) is 12.8 Å². The van der Waals surface area contributed by atoms with Gasteiger partial charge in [0.2, 0.25) is 5.91 Å². The van der Waals surface area contributed by atoms with E-state index in [1.807, 2.05) is 0 Å². The number of carbonyl (C=O) groups excluding carboxylic acids is 1. The minimum atomic E-state index is -4.35. The number of rotatable bonds is 3. The monoisotopic (exact) mass is 322 g/mol. The maximum absolute atomic E-state index is 13.0. The second kappa shape index (κ2) is 6.31. The fraction of sp³-hybridized carbons (Fsp3) is 0.692. The van der Waals surface area contributed by atoms with Crippen LogP contribution in [0, 0.1) is 11.8 Å². The molecule has 4 nitrogen and oxygen atoms in total. The van der Waals surface area contributed by atoms with Gasteiger partial charge < -0.3 is 10.4 Å². The Morgan fingerprint density at radius 3 is 2.71 bits per heavy atom. The highest BCUT2D eigenvalue weighted by Crippen LogP contribution is 2.42. The van der Waals surface area contributed by atoms with E-state index in [1.54, 1.807) is 5.38 Å². The highest BCUT2D eigenvalue weighted by Gasteiger charge is 2.48. The summed E-state index contributed by atoms with van der Waals surface area (Å²) >= 11 is 1.09. The first-order valence-electron chi connectivity index (χ1n) is 6.80. The molecule has 2 rings (SSSR count). The van der Waals surface area contributed by atoms with Gasteiger partial charge in [-0.2, -0.15) is 13.2 Å². The molecule has 2 N–H and O–H groups in total. The maximum atomic E-state index is 13.0. The highest BCUT2D eigenvalue weighted by atomic mass is 32.1. The molecule has 0 spiro atoms. The first-order chi connectivity index (χ1) is 9.79. The van der Waals surface area contributed by atoms with Crippen LogP contribution in [0.5, 0.6) is 0 Å². The number of nitrogens with zero attached hydrogens (tertiary/aromatic N) is 1. The molecule has 1 fully saturated rings. The molecule has 1 amide bonds. The van der Waals surface area contributed by atoms with Crippen molar-refractivity contribution >= 4 is 22.4 Å². The number of thiazole rings is 1. The molecular weight excluding hydrogens is 305 g/mol. The third-order valence-corrected chi connectivity index (χ3v) is 4.48. The third-order valence-electron chi connectivity index (χ3n) is 3.70. The minimum Gasteiger partial charge on any atom is -0.387 e. The second-order valence-corrected chi connectivity index (χ2v) is 6.14. The van der Waals surface area contributed by atoms with Gasteiger partial charge in [0, 0.05) is 11.3 Å². The fourth-order valence-corrected chi connectivity index (χ4v) is 3.37. The molecule has 1 aliphatic rings. The molecule has 3 atom stereocenters. The molecule has 3 unspecified atom stereocenters. The van der Waals surface area contributed by atoms with Gasteiger partial charge in [-0.3, -0.25) is 4.79 Å². The van der Waals surface area contributed by atoms with Crippen LogP contribution in [0.2, 0.25) is 0 Å². The molecule has 0 aromatic carbocycles. The van der Waals surface area contributed by atoms with Gasteiger partial charge >= 0.3 is 6.18 Å². The number of carbonyl (C=O) groups is 1. The predicted octanol–water partition coefficient (Wildman–Crippen LogP) is 3.50. The normalized spacial score (nSPS) is 24.6. The van der Waals surface area contributed by atoms with Gasteiger partial charge in [-0.25, -0.2) is 4.98 Å². The highest BCUT2D eigenvalue weighted by molar-refractivity contribution is 7.13. The molecule has 1 heterocycles. The molecule has 0 radical (unpaired) electrons. The number of hydrogen-bond acceptors (Lipinski definition) is 4. The van der Waals surface area contributed by atoms with Gasteiger partial charge in [0.1, 0.15) is 0 Å². The lowest BCUT2D eigenvalue weighted by Crippen LogP contribution is -2.39. The zero-order valence-electron chi connectivity index (χ0n) is 11.5. The summed E-state index contributed by atoms with van der Waals surface area (Å²) in [7, 11) is 0. The molecule has 118 valence electrons. The average Bonchev–Trinajstić information content (AvgIpc) is 2.86. The molecule has 8 heteroatoms. The van der Waals surface area contributed by atoms with Crippen LogP contribution >= 0.6 is 11.3 Å². The summed E-state index contributed by atoms with van der Waals surface area (Å²) in [6.07, 6.45) is -3.76. The summed E-state index contributed by atoms with van der Waals surface area (Å²) in [6, 6.07) is 0. The van der Waals surface area contributed by atoms with E-state index in [2.05, 4.69) is 10.3 Å². The topological polar surface area (TPSA) is 62.2 Å². The van der Waals surface area contributed by atoms with E-state index in [9.17, 15) is 23.1 Å². The Hall–Kier alpha value is -1.15. The number of aromatic nitrogens is 1. The first kappa shape index (κ1) is 16.2. The van der Waals surface area contributed by atoms with Crippen LogP contribution in [0.1, 0.15) is 44.4 Å². The van der Waals surface area contributed by atoms with Crippen LogP contribution in [0.3, 0.4) is 0 Å². The zero-order valence-corrected chi connectivity index (χ0v) is 12.3. The lowest BCUT2D eigenvalue weighted by molar-refractivity contribution is -0.197. The second-order valence-electron chi connectivity index (χ2n) is 5.28. The number of halogens is 3. The molecule has 1 aromatic rings. The van der Waals surface area contributed by atoms with Crippen molar-refractivity contribution in [1.82, 2.24) is 4.98 Å². The van der Waals surface area contributed by atoms with Crippen molar-refractivity contribution in [2.45, 2.75) is 44.9 Å². The minimum absolute atomic E-state index is 0.00161. The van der Waals surface area contributed by atoms with Crippen LogP contribution in [-0.2, 0) is 4.79 Å². The average molecular weight is 322 g/mol. The van der Waals surface area contributed by atoms with Gasteiger partial charge in [-0.15, -0.1) is 11.3 Å². The van der Waals surface area contributed by atoms with Gasteiger partial charge in [0.25, 0.3) is 0 Å². The number of aliphatic hydroxyl groups excluding tert-OH is 1. The lowest BCUT2D eigenvalue weighted by Gasteiger charge is -2.31. The molecule has 0 bridgehead atoms. The summed E-state index contributed by atoms with van der Waals surface area (Å²) < 4.78 is 38.9. The van der Waals surface area contributed by atoms with Crippen LogP contribution in [0.4, 0.5) is 18.3 Å². The van der Waals surface area contributed by atoms with Crippen molar-refractivity contribution in [3.8, 4) is 0 Å². The van der Waals surface area contributed by atoms with E-state index >= 15 is 0 Å². The summed E-state index contributed by atoms with van der Waals surface area (Å²) in [5.41, 5.74) is 0.395. The molecule has 1 aromatic heterocycles. The third kappa shape index (κ3) is 3.94. The number of anilines is 1. The van der Waals surface area contributed by atoms with Crippen LogP contribution < -0.4 is 5.32 Å². The molecule has 1 aliphatic carbocycles. The standard InChI is InChI=1S/C13H17F3N2O2S/c1-7(19)10-6-21-12(17-10)18-11(20)8-4-2-3-5-9(8)13(14,15)16/h6-9,19H,2-5H2,1H3,(H,17,18,20). The summed E-state index contributed by atoms with van der Waals surface area (Å²) in [5.74, 6) is -3.27. The first-order valence-corrected chi connectivity index (χ1v) is 7.68. The fourth-order valence-electron chi connectivity index (χ4n) is 2.57. The summed E-state index contributed by atoms with van der Waals surface area (Å²) in [6.45, 7) is 1.53. The molecule has 0 aliphatic heterocycles. The van der Waals surface area contributed by atoms with Gasteiger partial charge in [0.05, 0.1) is 17.7 Å². The van der Waals surface area contributed by atoms with Crippen molar-refractivity contribution in [1.29, 1.82) is 0 Å². The number of aliphatic hydroxyl groups is 1. The maximum Gasteiger partial charge on any atom is 0.392 e. The number of amides is 1. The van der Waals surface area contributed by atoms with E-state index in [0.717, 1.165) is 11.3 Å². The Labute approximate surface area is 124 Å². The molecule has 0 saturated heterocycles. The molecule has 1 saturated carbocycles. The van der Waals surface area contributed by atoms with E-state index < -0.39 is 30.0 Å². The van der Waals surface area contributed by atoms with Gasteiger partial charge in [-0.05, 0) is 19.8 Å². The van der Waals surface area contributed by atoms with Crippen molar-refractivity contribution in [2.75, 3.05) is 5.32 Å². The van der Waals surface area contributed by atoms with E-state index in [4.69, 9.17) is 0 Å². The van der Waals surface area contributed by atoms with E-state index in [-0.39, 0.29) is 18.0 Å². The van der Waals surface area contributed by atoms with Gasteiger partial charge in [0.15, 0.2) is 5.13 Å². The summed E-state index contributed by atoms with van der Waals surface area (Å²) in [4.78, 5) is 16.1. The van der Waals surface area contributed by atoms with Crippen LogP contribution in [-0.4, -0.2) is 22.2 Å². The zero-order chi connectivity index (χ0) is 15.6. The van der Waals surface area contributed by atoms with Crippen molar-refractivity contribution < 1.29 is 23.1 Å². The largest absolute Gasteiger partial charge is 0.392 e. The molecule has 21 heavy (non-hydrogen) atoms. The summed E-state index contributed by atoms with van der Waals surface area (Å²) in [5, 5.41) is 13.6. The van der Waals surface area contributed by atoms with Crippen LogP contribution in [0.15, 0.2) is 5.38 Å². The Bertz CT molecular complexity index is 502. The van der Waals surface area contributed by atoms with E-state index in [0.29, 0.717) is 18.5 Å². The Morgan fingerprint density at radius 1 is 1.48 bits per heavy atom. The lowest BCUT2D eigenvalue weighted by atomic mass is 9.78. The van der Waals surface area contributed by atoms with Crippen molar-refractivity contribution in [3.63, 3.8) is 0 Å². The van der Waals surface area contributed by atoms with Crippen LogP contribution in [0.25, 0.3) is 0 Å². The smallest absolute Gasteiger partial charge is 0.387 e. The number of alkyl halides is 3. The van der Waals surface area contributed by atoms with Crippen molar-refractivity contribution in [2.24, 2.45) is 11.8 Å². The predicted molar refractivity (Wildman–Crippen MR) is 72.9 cm³/mol. The Balaban J connectivity index is 2.06. The Kier molecular flexibility index (Phi) is 4.88. The SMILES string of the molecule is CC(O)c1csc(NC(=O)C2CCCCC2C(F)(F)F)n1.